The van der Waals surface area contributed by atoms with Crippen LogP contribution in [-0.2, 0) is 19.1 Å². The first-order valence-electron chi connectivity index (χ1n) is 12.7. The van der Waals surface area contributed by atoms with Gasteiger partial charge in [-0.2, -0.15) is 0 Å². The molecule has 0 aromatic carbocycles. The topological polar surface area (TPSA) is 81.7 Å². The van der Waals surface area contributed by atoms with Gasteiger partial charge in [0, 0.05) is 11.8 Å². The number of hydrogen-bond donors (Lipinski definition) is 1. The van der Waals surface area contributed by atoms with E-state index in [-0.39, 0.29) is 28.9 Å². The second-order valence-corrected chi connectivity index (χ2v) is 12.6. The molecule has 4 rings (SSSR count). The van der Waals surface area contributed by atoms with Crippen LogP contribution in [0.1, 0.15) is 92.9 Å². The summed E-state index contributed by atoms with van der Waals surface area (Å²) < 4.78 is 11.2. The molecule has 4 aliphatic carbocycles. The molecule has 0 aromatic heterocycles. The highest BCUT2D eigenvalue weighted by molar-refractivity contribution is 5.91. The molecule has 0 aromatic rings. The van der Waals surface area contributed by atoms with E-state index in [9.17, 15) is 14.4 Å². The number of carbonyl (C=O) groups excluding carboxylic acids is 3. The Morgan fingerprint density at radius 2 is 1.73 bits per heavy atom. The van der Waals surface area contributed by atoms with E-state index in [0.29, 0.717) is 24.0 Å². The van der Waals surface area contributed by atoms with Crippen molar-refractivity contribution < 1.29 is 23.9 Å². The molecule has 1 N–H and O–H groups in total. The van der Waals surface area contributed by atoms with E-state index in [4.69, 9.17) is 9.47 Å². The molecule has 3 fully saturated rings. The average Bonchev–Trinajstić information content (AvgIpc) is 3.03. The Balaban J connectivity index is 1.44. The van der Waals surface area contributed by atoms with Crippen molar-refractivity contribution >= 4 is 17.8 Å². The van der Waals surface area contributed by atoms with E-state index in [1.165, 1.54) is 5.57 Å². The molecule has 6 nitrogen and oxygen atoms in total. The second kappa shape index (κ2) is 8.13. The number of alkyl carbamates (subject to hydrolysis) is 1. The van der Waals surface area contributed by atoms with Crippen molar-refractivity contribution in [3.63, 3.8) is 0 Å². The lowest BCUT2D eigenvalue weighted by atomic mass is 9.41. The molecule has 6 atom stereocenters. The van der Waals surface area contributed by atoms with E-state index in [1.54, 1.807) is 20.8 Å². The third-order valence-corrected chi connectivity index (χ3v) is 9.52. The van der Waals surface area contributed by atoms with Gasteiger partial charge >= 0.3 is 12.1 Å². The standard InChI is InChI=1S/C27H41NO5/c1-24(2,3)33-23(31)28-16-22(30)32-21-8-7-19-26(5)12-9-17-15-18(29)10-13-25(17,4)20(26)11-14-27(19,21)6/h15,19-21H,7-14,16H2,1-6H3,(H,28,31)/t19-,20+,21-,25-,26-,27-/m0/s1. The molecule has 0 saturated heterocycles. The number of amides is 1. The number of fused-ring (bicyclic) bond motifs is 5. The fraction of sp³-hybridized carbons (Fsp3) is 0.815. The number of nitrogens with one attached hydrogen (secondary N) is 1. The predicted octanol–water partition coefficient (Wildman–Crippen LogP) is 5.34. The SMILES string of the molecule is CC(C)(C)OC(=O)NCC(=O)O[C@H]1CC[C@@H]2[C@]1(C)CC[C@H]1[C@@]2(C)CCC2=CC(=O)CC[C@@]21C. The Labute approximate surface area is 198 Å². The number of carbonyl (C=O) groups is 3. The van der Waals surface area contributed by atoms with Crippen molar-refractivity contribution in [2.45, 2.75) is 105 Å². The highest BCUT2D eigenvalue weighted by atomic mass is 16.6. The summed E-state index contributed by atoms with van der Waals surface area (Å²) in [5.41, 5.74) is 1.03. The maximum atomic E-state index is 12.6. The Morgan fingerprint density at radius 1 is 1.00 bits per heavy atom. The third-order valence-electron chi connectivity index (χ3n) is 9.52. The zero-order valence-corrected chi connectivity index (χ0v) is 21.2. The molecule has 6 heteroatoms. The van der Waals surface area contributed by atoms with Gasteiger partial charge in [-0.1, -0.05) is 26.3 Å². The van der Waals surface area contributed by atoms with Crippen LogP contribution in [0, 0.1) is 28.1 Å². The Bertz CT molecular complexity index is 872. The van der Waals surface area contributed by atoms with Gasteiger partial charge in [-0.3, -0.25) is 9.59 Å². The van der Waals surface area contributed by atoms with Gasteiger partial charge in [-0.05, 0) is 94.5 Å². The van der Waals surface area contributed by atoms with Crippen LogP contribution in [0.25, 0.3) is 0 Å². The summed E-state index contributed by atoms with van der Waals surface area (Å²) in [4.78, 5) is 36.6. The van der Waals surface area contributed by atoms with Crippen LogP contribution in [0.15, 0.2) is 11.6 Å². The maximum Gasteiger partial charge on any atom is 0.408 e. The van der Waals surface area contributed by atoms with Gasteiger partial charge in [0.15, 0.2) is 5.78 Å². The first kappa shape index (κ1) is 24.3. The van der Waals surface area contributed by atoms with Crippen molar-refractivity contribution in [2.24, 2.45) is 28.1 Å². The summed E-state index contributed by atoms with van der Waals surface area (Å²) in [5.74, 6) is 0.960. The summed E-state index contributed by atoms with van der Waals surface area (Å²) in [7, 11) is 0. The van der Waals surface area contributed by atoms with Crippen LogP contribution in [0.4, 0.5) is 4.79 Å². The molecule has 0 heterocycles. The quantitative estimate of drug-likeness (QED) is 0.576. The van der Waals surface area contributed by atoms with Gasteiger partial charge < -0.3 is 14.8 Å². The lowest BCUT2D eigenvalue weighted by Gasteiger charge is -2.63. The predicted molar refractivity (Wildman–Crippen MR) is 125 cm³/mol. The van der Waals surface area contributed by atoms with Crippen molar-refractivity contribution in [2.75, 3.05) is 6.54 Å². The Morgan fingerprint density at radius 3 is 2.42 bits per heavy atom. The summed E-state index contributed by atoms with van der Waals surface area (Å²) in [6.07, 6.45) is 9.05. The second-order valence-electron chi connectivity index (χ2n) is 12.6. The number of esters is 1. The first-order valence-corrected chi connectivity index (χ1v) is 12.7. The number of hydrogen-bond acceptors (Lipinski definition) is 5. The molecule has 4 aliphatic rings. The summed E-state index contributed by atoms with van der Waals surface area (Å²) in [5, 5.41) is 2.52. The molecule has 33 heavy (non-hydrogen) atoms. The van der Waals surface area contributed by atoms with Crippen LogP contribution in [0.5, 0.6) is 0 Å². The van der Waals surface area contributed by atoms with Crippen molar-refractivity contribution in [1.29, 1.82) is 0 Å². The Hall–Kier alpha value is -1.85. The zero-order valence-electron chi connectivity index (χ0n) is 21.2. The molecule has 0 bridgehead atoms. The van der Waals surface area contributed by atoms with Crippen molar-refractivity contribution in [3.05, 3.63) is 11.6 Å². The van der Waals surface area contributed by atoms with Crippen molar-refractivity contribution in [1.82, 2.24) is 5.32 Å². The summed E-state index contributed by atoms with van der Waals surface area (Å²) >= 11 is 0. The molecule has 1 amide bonds. The van der Waals surface area contributed by atoms with Gasteiger partial charge in [-0.25, -0.2) is 4.79 Å². The minimum absolute atomic E-state index is 0.0467. The van der Waals surface area contributed by atoms with Gasteiger partial charge in [0.1, 0.15) is 18.2 Å². The molecule has 3 saturated carbocycles. The number of allylic oxidation sites excluding steroid dienone is 1. The number of ketones is 1. The van der Waals surface area contributed by atoms with E-state index in [1.807, 2.05) is 6.08 Å². The van der Waals surface area contributed by atoms with Gasteiger partial charge in [0.25, 0.3) is 0 Å². The highest BCUT2D eigenvalue weighted by Crippen LogP contribution is 2.70. The number of rotatable bonds is 3. The molecule has 0 unspecified atom stereocenters. The average molecular weight is 460 g/mol. The normalized spacial score (nSPS) is 40.1. The molecular formula is C27H41NO5. The third kappa shape index (κ3) is 4.23. The number of ether oxygens (including phenoxy) is 2. The van der Waals surface area contributed by atoms with Gasteiger partial charge in [0.05, 0.1) is 0 Å². The lowest BCUT2D eigenvalue weighted by molar-refractivity contribution is -0.166. The van der Waals surface area contributed by atoms with Crippen molar-refractivity contribution in [3.8, 4) is 0 Å². The highest BCUT2D eigenvalue weighted by Gasteiger charge is 2.64. The Kier molecular flexibility index (Phi) is 5.98. The van der Waals surface area contributed by atoms with E-state index >= 15 is 0 Å². The lowest BCUT2D eigenvalue weighted by Crippen LogP contribution is -2.57. The van der Waals surface area contributed by atoms with Crippen LogP contribution < -0.4 is 5.32 Å². The molecule has 0 spiro atoms. The molecule has 0 radical (unpaired) electrons. The monoisotopic (exact) mass is 459 g/mol. The van der Waals surface area contributed by atoms with E-state index in [0.717, 1.165) is 44.9 Å². The van der Waals surface area contributed by atoms with Crippen LogP contribution in [0.2, 0.25) is 0 Å². The minimum atomic E-state index is -0.606. The first-order chi connectivity index (χ1) is 15.3. The molecular weight excluding hydrogens is 418 g/mol. The summed E-state index contributed by atoms with van der Waals surface area (Å²) in [6.45, 7) is 12.4. The van der Waals surface area contributed by atoms with E-state index < -0.39 is 17.7 Å². The maximum absolute atomic E-state index is 12.6. The van der Waals surface area contributed by atoms with Crippen LogP contribution >= 0.6 is 0 Å². The van der Waals surface area contributed by atoms with Crippen LogP contribution in [0.3, 0.4) is 0 Å². The smallest absolute Gasteiger partial charge is 0.408 e. The molecule has 184 valence electrons. The fourth-order valence-corrected chi connectivity index (χ4v) is 8.03. The van der Waals surface area contributed by atoms with Gasteiger partial charge in [0.2, 0.25) is 0 Å². The van der Waals surface area contributed by atoms with Crippen LogP contribution in [-0.4, -0.2) is 36.1 Å². The minimum Gasteiger partial charge on any atom is -0.460 e. The summed E-state index contributed by atoms with van der Waals surface area (Å²) in [6, 6.07) is 0. The van der Waals surface area contributed by atoms with E-state index in [2.05, 4.69) is 26.1 Å². The largest absolute Gasteiger partial charge is 0.460 e. The van der Waals surface area contributed by atoms with Gasteiger partial charge in [-0.15, -0.1) is 0 Å². The zero-order chi connectivity index (χ0) is 24.2. The fourth-order valence-electron chi connectivity index (χ4n) is 8.03. The molecule has 0 aliphatic heterocycles.